The molecule has 4 heteroatoms. The first kappa shape index (κ1) is 11.1. The van der Waals surface area contributed by atoms with Gasteiger partial charge in [-0.2, -0.15) is 0 Å². The van der Waals surface area contributed by atoms with Crippen LogP contribution in [-0.4, -0.2) is 6.54 Å². The number of benzene rings is 1. The monoisotopic (exact) mass is 213 g/mol. The van der Waals surface area contributed by atoms with Crippen molar-refractivity contribution < 1.29 is 0 Å². The third kappa shape index (κ3) is 2.30. The number of hydrogen-bond acceptors (Lipinski definition) is 3. The maximum absolute atomic E-state index is 5.96. The molecule has 1 rings (SSSR count). The van der Waals surface area contributed by atoms with Crippen molar-refractivity contribution in [2.45, 2.75) is 20.3 Å². The Morgan fingerprint density at radius 3 is 2.43 bits per heavy atom. The lowest BCUT2D eigenvalue weighted by atomic mass is 10.1. The number of hydrogen-bond donors (Lipinski definition) is 3. The Hall–Kier alpha value is -0.930. The Morgan fingerprint density at radius 1 is 1.29 bits per heavy atom. The summed E-state index contributed by atoms with van der Waals surface area (Å²) in [7, 11) is 0. The van der Waals surface area contributed by atoms with Gasteiger partial charge >= 0.3 is 0 Å². The largest absolute Gasteiger partial charge is 0.385 e. The molecule has 14 heavy (non-hydrogen) atoms. The average Bonchev–Trinajstić information content (AvgIpc) is 2.17. The lowest BCUT2D eigenvalue weighted by Gasteiger charge is -2.14. The molecule has 0 spiro atoms. The fourth-order valence-electron chi connectivity index (χ4n) is 1.49. The zero-order chi connectivity index (χ0) is 10.6. The van der Waals surface area contributed by atoms with Crippen molar-refractivity contribution in [3.63, 3.8) is 0 Å². The van der Waals surface area contributed by atoms with Gasteiger partial charge in [-0.15, -0.1) is 0 Å². The van der Waals surface area contributed by atoms with E-state index in [4.69, 9.17) is 17.4 Å². The molecule has 0 atom stereocenters. The lowest BCUT2D eigenvalue weighted by Crippen LogP contribution is -2.11. The summed E-state index contributed by atoms with van der Waals surface area (Å²) in [6.07, 6.45) is 0.916. The van der Waals surface area contributed by atoms with E-state index < -0.39 is 0 Å². The molecular formula is C10H16ClN3. The molecular weight excluding hydrogens is 198 g/mol. The minimum atomic E-state index is 0.686. The van der Waals surface area contributed by atoms with Gasteiger partial charge in [0.2, 0.25) is 0 Å². The number of hydrazine groups is 1. The van der Waals surface area contributed by atoms with Gasteiger partial charge in [-0.05, 0) is 31.0 Å². The van der Waals surface area contributed by atoms with E-state index in [1.165, 1.54) is 5.56 Å². The molecule has 0 aliphatic carbocycles. The number of anilines is 2. The first-order valence-electron chi connectivity index (χ1n) is 4.75. The summed E-state index contributed by atoms with van der Waals surface area (Å²) in [6.45, 7) is 5.01. The number of halogens is 1. The van der Waals surface area contributed by atoms with Gasteiger partial charge in [0.1, 0.15) is 0 Å². The predicted octanol–water partition coefficient (Wildman–Crippen LogP) is 2.62. The minimum absolute atomic E-state index is 0.686. The number of rotatable bonds is 4. The van der Waals surface area contributed by atoms with E-state index >= 15 is 0 Å². The molecule has 0 bridgehead atoms. The highest BCUT2D eigenvalue weighted by Gasteiger charge is 2.07. The Morgan fingerprint density at radius 2 is 1.93 bits per heavy atom. The van der Waals surface area contributed by atoms with Crippen molar-refractivity contribution >= 4 is 23.0 Å². The van der Waals surface area contributed by atoms with Crippen molar-refractivity contribution in [3.8, 4) is 0 Å². The molecule has 78 valence electrons. The van der Waals surface area contributed by atoms with Crippen LogP contribution in [0.3, 0.4) is 0 Å². The maximum atomic E-state index is 5.96. The van der Waals surface area contributed by atoms with E-state index in [0.29, 0.717) is 5.02 Å². The van der Waals surface area contributed by atoms with E-state index in [2.05, 4.69) is 24.6 Å². The second kappa shape index (κ2) is 5.08. The average molecular weight is 214 g/mol. The van der Waals surface area contributed by atoms with Crippen LogP contribution in [0.25, 0.3) is 0 Å². The summed E-state index contributed by atoms with van der Waals surface area (Å²) < 4.78 is 0. The zero-order valence-corrected chi connectivity index (χ0v) is 9.28. The van der Waals surface area contributed by atoms with Crippen LogP contribution in [0.5, 0.6) is 0 Å². The van der Waals surface area contributed by atoms with Crippen molar-refractivity contribution in [3.05, 3.63) is 22.7 Å². The molecule has 0 saturated carbocycles. The summed E-state index contributed by atoms with van der Waals surface area (Å²) in [5, 5.41) is 3.95. The number of nitrogen functional groups attached to an aromatic ring is 1. The SMILES string of the molecule is CCNc1cc(Cl)cc(NN)c1CC. The third-order valence-electron chi connectivity index (χ3n) is 2.09. The van der Waals surface area contributed by atoms with E-state index in [-0.39, 0.29) is 0 Å². The van der Waals surface area contributed by atoms with Crippen LogP contribution in [-0.2, 0) is 6.42 Å². The van der Waals surface area contributed by atoms with Crippen LogP contribution >= 0.6 is 11.6 Å². The van der Waals surface area contributed by atoms with Crippen LogP contribution in [0, 0.1) is 0 Å². The van der Waals surface area contributed by atoms with Gasteiger partial charge in [0.15, 0.2) is 0 Å². The highest BCUT2D eigenvalue weighted by atomic mass is 35.5. The zero-order valence-electron chi connectivity index (χ0n) is 8.52. The van der Waals surface area contributed by atoms with Crippen molar-refractivity contribution in [2.75, 3.05) is 17.3 Å². The topological polar surface area (TPSA) is 50.1 Å². The molecule has 0 aromatic heterocycles. The second-order valence-corrected chi connectivity index (χ2v) is 3.44. The van der Waals surface area contributed by atoms with Gasteiger partial charge in [0.25, 0.3) is 0 Å². The van der Waals surface area contributed by atoms with Crippen LogP contribution in [0.1, 0.15) is 19.4 Å². The molecule has 0 heterocycles. The molecule has 0 unspecified atom stereocenters. The second-order valence-electron chi connectivity index (χ2n) is 3.01. The number of nitrogens with one attached hydrogen (secondary N) is 2. The van der Waals surface area contributed by atoms with Gasteiger partial charge in [-0.3, -0.25) is 5.84 Å². The molecule has 0 radical (unpaired) electrons. The lowest BCUT2D eigenvalue weighted by molar-refractivity contribution is 1.10. The molecule has 0 aliphatic heterocycles. The molecule has 0 amide bonds. The van der Waals surface area contributed by atoms with Gasteiger partial charge < -0.3 is 10.7 Å². The van der Waals surface area contributed by atoms with Crippen LogP contribution in [0.4, 0.5) is 11.4 Å². The van der Waals surface area contributed by atoms with E-state index in [1.54, 1.807) is 0 Å². The maximum Gasteiger partial charge on any atom is 0.0552 e. The summed E-state index contributed by atoms with van der Waals surface area (Å²) in [5.74, 6) is 5.42. The highest BCUT2D eigenvalue weighted by molar-refractivity contribution is 6.31. The summed E-state index contributed by atoms with van der Waals surface area (Å²) >= 11 is 5.96. The van der Waals surface area contributed by atoms with Gasteiger partial charge in [0, 0.05) is 17.3 Å². The first-order valence-corrected chi connectivity index (χ1v) is 5.13. The van der Waals surface area contributed by atoms with Crippen molar-refractivity contribution in [1.82, 2.24) is 0 Å². The summed E-state index contributed by atoms with van der Waals surface area (Å²) in [4.78, 5) is 0. The normalized spacial score (nSPS) is 10.0. The third-order valence-corrected chi connectivity index (χ3v) is 2.31. The molecule has 0 aliphatic rings. The van der Waals surface area contributed by atoms with E-state index in [1.807, 2.05) is 12.1 Å². The Labute approximate surface area is 89.6 Å². The molecule has 0 fully saturated rings. The summed E-state index contributed by atoms with van der Waals surface area (Å²) in [6, 6.07) is 3.76. The Balaban J connectivity index is 3.17. The minimum Gasteiger partial charge on any atom is -0.385 e. The van der Waals surface area contributed by atoms with Gasteiger partial charge in [-0.1, -0.05) is 18.5 Å². The molecule has 3 nitrogen and oxygen atoms in total. The highest BCUT2D eigenvalue weighted by Crippen LogP contribution is 2.29. The molecule has 1 aromatic rings. The quantitative estimate of drug-likeness (QED) is 0.533. The van der Waals surface area contributed by atoms with Crippen LogP contribution in [0.2, 0.25) is 5.02 Å². The van der Waals surface area contributed by atoms with Crippen LogP contribution < -0.4 is 16.6 Å². The first-order chi connectivity index (χ1) is 6.72. The van der Waals surface area contributed by atoms with E-state index in [9.17, 15) is 0 Å². The standard InChI is InChI=1S/C10H16ClN3/c1-3-8-9(13-4-2)5-7(11)6-10(8)14-12/h5-6,13-14H,3-4,12H2,1-2H3. The van der Waals surface area contributed by atoms with Gasteiger partial charge in [0.05, 0.1) is 5.69 Å². The summed E-state index contributed by atoms with van der Waals surface area (Å²) in [5.41, 5.74) is 5.76. The van der Waals surface area contributed by atoms with Crippen molar-refractivity contribution in [1.29, 1.82) is 0 Å². The Bertz CT molecular complexity index is 312. The molecule has 1 aromatic carbocycles. The fraction of sp³-hybridized carbons (Fsp3) is 0.400. The smallest absolute Gasteiger partial charge is 0.0552 e. The Kier molecular flexibility index (Phi) is 4.04. The number of nitrogens with two attached hydrogens (primary N) is 1. The molecule has 0 saturated heterocycles. The molecule has 4 N–H and O–H groups in total. The van der Waals surface area contributed by atoms with Crippen LogP contribution in [0.15, 0.2) is 12.1 Å². The van der Waals surface area contributed by atoms with Gasteiger partial charge in [-0.25, -0.2) is 0 Å². The van der Waals surface area contributed by atoms with Crippen molar-refractivity contribution in [2.24, 2.45) is 5.84 Å². The fourth-order valence-corrected chi connectivity index (χ4v) is 1.71. The predicted molar refractivity (Wildman–Crippen MR) is 62.8 cm³/mol. The van der Waals surface area contributed by atoms with E-state index in [0.717, 1.165) is 24.3 Å².